The molecule has 0 aliphatic carbocycles. The fourth-order valence-electron chi connectivity index (χ4n) is 19.4. The van der Waals surface area contributed by atoms with Crippen molar-refractivity contribution in [2.45, 2.75) is 177 Å². The first-order chi connectivity index (χ1) is 58.3. The number of benzene rings is 15. The van der Waals surface area contributed by atoms with Gasteiger partial charge in [0, 0.05) is 89.8 Å². The minimum Gasteiger partial charge on any atom is -0.336 e. The first-order valence-corrected chi connectivity index (χ1v) is 44.2. The standard InChI is InChI=1S/C117H113BN4/c1-112(2,3)84-59-77(60-85(67-84)113(4,5)6)57-75-51-54-99-105(63-75)121(110-94(80-37-23-19-24-38-80)69-88(116(13,14)15)70-95(110)81-39-25-20-26-40-81)107-65-79(74-119-101-48-34-31-47-93(101)98-73-90(53-56-102(98)119)120-103-49-35-32-45-91(103)92-46-33-36-50-104(92)120)66-108-109(107)118(99)100-55-52-76(58-78-61-86(114(7,8)9)68-87(62-78)115(10,11)12)64-106(100)122(108)111-96(82-41-27-21-28-42-82)71-89(117(16,17)18)72-97(111)83-43-29-22-30-44-83/h19-56,59-73H,57-58,74H2,1-18H3. The molecule has 0 spiro atoms. The molecule has 2 aromatic heterocycles. The third kappa shape index (κ3) is 14.4. The van der Waals surface area contributed by atoms with Gasteiger partial charge in [0.15, 0.2) is 0 Å². The number of anilines is 6. The Balaban J connectivity index is 0.968. The van der Waals surface area contributed by atoms with E-state index in [2.05, 4.69) is 465 Å². The van der Waals surface area contributed by atoms with Crippen LogP contribution in [0.15, 0.2) is 322 Å². The number of rotatable bonds is 13. The third-order valence-electron chi connectivity index (χ3n) is 26.2. The topological polar surface area (TPSA) is 16.3 Å². The van der Waals surface area contributed by atoms with Gasteiger partial charge in [-0.2, -0.15) is 0 Å². The molecule has 0 bridgehead atoms. The molecule has 0 unspecified atom stereocenters. The van der Waals surface area contributed by atoms with E-state index in [1.807, 2.05) is 0 Å². The predicted octanol–water partition coefficient (Wildman–Crippen LogP) is 29.7. The SMILES string of the molecule is CC(C)(C)c1cc(Cc2ccc3c(c2)N(c2c(-c4ccccc4)cc(C(C)(C)C)cc2-c2ccccc2)c2cc(Cn4c5ccccc5c5cc(-n6c7ccccc7c7ccccc76)ccc54)cc4c2B3c2ccc(Cc3cc(C(C)(C)C)cc(C(C)(C)C)c3)cc2N4c2c(-c3ccccc3)cc(C(C)(C)C)cc2-c2ccccc2)cc(C(C)(C)C)c1. The zero-order valence-corrected chi connectivity index (χ0v) is 74.6. The zero-order chi connectivity index (χ0) is 84.8. The van der Waals surface area contributed by atoms with E-state index in [1.54, 1.807) is 0 Å². The molecule has 122 heavy (non-hydrogen) atoms. The number of hydrogen-bond donors (Lipinski definition) is 0. The van der Waals surface area contributed by atoms with E-state index in [1.165, 1.54) is 155 Å². The maximum atomic E-state index is 2.79. The van der Waals surface area contributed by atoms with Gasteiger partial charge in [-0.05, 0) is 230 Å². The van der Waals surface area contributed by atoms with Crippen LogP contribution in [0, 0.1) is 0 Å². The van der Waals surface area contributed by atoms with Gasteiger partial charge in [0.25, 0.3) is 6.71 Å². The molecule has 5 heteroatoms. The minimum atomic E-state index is -0.237. The van der Waals surface area contributed by atoms with Gasteiger partial charge in [-0.3, -0.25) is 0 Å². The summed E-state index contributed by atoms with van der Waals surface area (Å²) < 4.78 is 5.10. The number of fused-ring (bicyclic) bond motifs is 10. The number of aromatic nitrogens is 2. The summed E-state index contributed by atoms with van der Waals surface area (Å²) in [6.07, 6.45) is 1.50. The summed E-state index contributed by atoms with van der Waals surface area (Å²) in [6, 6.07) is 125. The van der Waals surface area contributed by atoms with Crippen molar-refractivity contribution in [2.24, 2.45) is 0 Å². The second kappa shape index (κ2) is 29.7. The van der Waals surface area contributed by atoms with Crippen molar-refractivity contribution in [1.82, 2.24) is 9.13 Å². The van der Waals surface area contributed by atoms with Crippen LogP contribution in [0.4, 0.5) is 34.1 Å². The maximum Gasteiger partial charge on any atom is 0.252 e. The zero-order valence-electron chi connectivity index (χ0n) is 74.6. The van der Waals surface area contributed by atoms with Crippen molar-refractivity contribution in [2.75, 3.05) is 9.80 Å². The van der Waals surface area contributed by atoms with Crippen LogP contribution in [0.3, 0.4) is 0 Å². The van der Waals surface area contributed by atoms with Crippen LogP contribution in [0.1, 0.15) is 186 Å². The van der Waals surface area contributed by atoms with Gasteiger partial charge in [0.05, 0.1) is 22.4 Å². The Morgan fingerprint density at radius 2 is 0.541 bits per heavy atom. The lowest BCUT2D eigenvalue weighted by Gasteiger charge is -2.46. The molecule has 0 saturated carbocycles. The normalized spacial score (nSPS) is 13.2. The second-order valence-electron chi connectivity index (χ2n) is 41.1. The van der Waals surface area contributed by atoms with Crippen molar-refractivity contribution < 1.29 is 0 Å². The van der Waals surface area contributed by atoms with Gasteiger partial charge in [0.1, 0.15) is 0 Å². The lowest BCUT2D eigenvalue weighted by atomic mass is 9.33. The molecule has 0 atom stereocenters. The fraction of sp³-hybridized carbons (Fsp3) is 0.231. The second-order valence-corrected chi connectivity index (χ2v) is 41.1. The number of para-hydroxylation sites is 3. The highest BCUT2D eigenvalue weighted by atomic mass is 15.2. The molecule has 15 aromatic carbocycles. The molecule has 604 valence electrons. The van der Waals surface area contributed by atoms with E-state index in [4.69, 9.17) is 0 Å². The molecular formula is C117H113BN4. The van der Waals surface area contributed by atoms with E-state index in [0.29, 0.717) is 6.54 Å². The smallest absolute Gasteiger partial charge is 0.252 e. The lowest BCUT2D eigenvalue weighted by Crippen LogP contribution is -2.61. The first kappa shape index (κ1) is 79.4. The van der Waals surface area contributed by atoms with E-state index < -0.39 is 0 Å². The quantitative estimate of drug-likeness (QED) is 0.107. The Morgan fingerprint density at radius 1 is 0.238 bits per heavy atom. The molecule has 2 aliphatic heterocycles. The van der Waals surface area contributed by atoms with E-state index in [-0.39, 0.29) is 39.2 Å². The van der Waals surface area contributed by atoms with Crippen molar-refractivity contribution in [3.05, 3.63) is 383 Å². The molecule has 0 fully saturated rings. The predicted molar refractivity (Wildman–Crippen MR) is 526 cm³/mol. The van der Waals surface area contributed by atoms with Gasteiger partial charge in [0.2, 0.25) is 0 Å². The molecule has 17 aromatic rings. The summed E-state index contributed by atoms with van der Waals surface area (Å²) in [6.45, 7) is 43.0. The van der Waals surface area contributed by atoms with Crippen LogP contribution in [-0.4, -0.2) is 15.8 Å². The largest absolute Gasteiger partial charge is 0.336 e. The lowest BCUT2D eigenvalue weighted by molar-refractivity contribution is 0.566. The first-order valence-electron chi connectivity index (χ1n) is 44.2. The van der Waals surface area contributed by atoms with E-state index in [0.717, 1.165) is 63.5 Å². The Bertz CT molecular complexity index is 6410. The van der Waals surface area contributed by atoms with E-state index in [9.17, 15) is 0 Å². The van der Waals surface area contributed by atoms with Gasteiger partial charge in [-0.1, -0.05) is 361 Å². The van der Waals surface area contributed by atoms with Crippen LogP contribution in [0.5, 0.6) is 0 Å². The van der Waals surface area contributed by atoms with Crippen LogP contribution < -0.4 is 26.2 Å². The summed E-state index contributed by atoms with van der Waals surface area (Å²) in [4.78, 5) is 5.58. The minimum absolute atomic E-state index is 0.0649. The molecule has 0 N–H and O–H groups in total. The summed E-state index contributed by atoms with van der Waals surface area (Å²) in [5, 5.41) is 4.94. The summed E-state index contributed by atoms with van der Waals surface area (Å²) in [5.74, 6) is 0. The number of hydrogen-bond acceptors (Lipinski definition) is 2. The van der Waals surface area contributed by atoms with Crippen LogP contribution >= 0.6 is 0 Å². The van der Waals surface area contributed by atoms with E-state index >= 15 is 0 Å². The highest BCUT2D eigenvalue weighted by Gasteiger charge is 2.46. The average Bonchev–Trinajstić information content (AvgIpc) is 0.816. The molecular weight excluding hydrogens is 1470 g/mol. The van der Waals surface area contributed by atoms with Crippen molar-refractivity contribution in [3.8, 4) is 50.2 Å². The summed E-state index contributed by atoms with van der Waals surface area (Å²) >= 11 is 0. The summed E-state index contributed by atoms with van der Waals surface area (Å²) in [5.41, 5.74) is 39.7. The Morgan fingerprint density at radius 3 is 0.893 bits per heavy atom. The van der Waals surface area contributed by atoms with Crippen LogP contribution in [0.2, 0.25) is 0 Å². The van der Waals surface area contributed by atoms with Crippen molar-refractivity contribution in [1.29, 1.82) is 0 Å². The highest BCUT2D eigenvalue weighted by Crippen LogP contribution is 2.56. The van der Waals surface area contributed by atoms with Gasteiger partial charge in [-0.25, -0.2) is 0 Å². The molecule has 0 saturated heterocycles. The maximum absolute atomic E-state index is 2.79. The molecule has 0 amide bonds. The van der Waals surface area contributed by atoms with Gasteiger partial charge >= 0.3 is 0 Å². The molecule has 4 nitrogen and oxygen atoms in total. The van der Waals surface area contributed by atoms with Gasteiger partial charge in [-0.15, -0.1) is 0 Å². The van der Waals surface area contributed by atoms with Gasteiger partial charge < -0.3 is 18.9 Å². The average molecular weight is 1590 g/mol. The van der Waals surface area contributed by atoms with Crippen LogP contribution in [0.25, 0.3) is 93.8 Å². The fourth-order valence-corrected chi connectivity index (χ4v) is 19.4. The van der Waals surface area contributed by atoms with Crippen LogP contribution in [-0.2, 0) is 51.9 Å². The number of nitrogens with zero attached hydrogens (tertiary/aromatic N) is 4. The monoisotopic (exact) mass is 1580 g/mol. The molecule has 2 aliphatic rings. The summed E-state index contributed by atoms with van der Waals surface area (Å²) in [7, 11) is 0. The molecule has 19 rings (SSSR count). The third-order valence-corrected chi connectivity index (χ3v) is 26.2. The molecule has 0 radical (unpaired) electrons. The highest BCUT2D eigenvalue weighted by molar-refractivity contribution is 7.00. The molecule has 4 heterocycles. The van der Waals surface area contributed by atoms with Crippen molar-refractivity contribution >= 4 is 101 Å². The Kier molecular flexibility index (Phi) is 19.3. The van der Waals surface area contributed by atoms with Crippen molar-refractivity contribution in [3.63, 3.8) is 0 Å². The Hall–Kier alpha value is -12.4. The Labute approximate surface area is 724 Å².